The van der Waals surface area contributed by atoms with Crippen LogP contribution in [-0.2, 0) is 0 Å². The third-order valence-corrected chi connectivity index (χ3v) is 2.74. The third-order valence-electron chi connectivity index (χ3n) is 1.88. The van der Waals surface area contributed by atoms with Crippen LogP contribution < -0.4 is 0 Å². The maximum Gasteiger partial charge on any atom is 0.345 e. The molecule has 0 atom stereocenters. The van der Waals surface area contributed by atoms with Crippen LogP contribution >= 0.6 is 11.3 Å². The quantitative estimate of drug-likeness (QED) is 0.514. The Hall–Kier alpha value is -2.28. The van der Waals surface area contributed by atoms with Crippen molar-refractivity contribution in [3.8, 4) is 5.75 Å². The lowest BCUT2D eigenvalue weighted by Crippen LogP contribution is -1.80. The molecular weight excluding hydrogens is 242 g/mol. The minimum Gasteiger partial charge on any atom is -0.508 e. The van der Waals surface area contributed by atoms with Crippen LogP contribution in [0.3, 0.4) is 0 Å². The predicted octanol–water partition coefficient (Wildman–Crippen LogP) is 2.51. The van der Waals surface area contributed by atoms with E-state index in [0.717, 1.165) is 16.9 Å². The first-order valence-corrected chi connectivity index (χ1v) is 5.40. The summed E-state index contributed by atoms with van der Waals surface area (Å²) in [5.74, 6) is 0.173. The zero-order chi connectivity index (χ0) is 12.3. The van der Waals surface area contributed by atoms with Gasteiger partial charge in [-0.1, -0.05) is 0 Å². The molecule has 0 saturated heterocycles. The number of rotatable bonds is 3. The Balaban J connectivity index is 2.14. The van der Waals surface area contributed by atoms with E-state index in [9.17, 15) is 10.1 Å². The normalized spacial score (nSPS) is 10.8. The van der Waals surface area contributed by atoms with E-state index in [-0.39, 0.29) is 10.8 Å². The van der Waals surface area contributed by atoms with Gasteiger partial charge in [-0.25, -0.2) is 9.98 Å². The van der Waals surface area contributed by atoms with E-state index in [1.54, 1.807) is 12.1 Å². The fourth-order valence-corrected chi connectivity index (χ4v) is 1.67. The standard InChI is InChI=1S/C10H7N3O3S/c14-8-3-1-7(2-4-8)5-11-10-12-6-9(17-10)13(15)16/h1-6,14H/b11-5-. The van der Waals surface area contributed by atoms with Crippen molar-refractivity contribution in [1.29, 1.82) is 0 Å². The van der Waals surface area contributed by atoms with Crippen molar-refractivity contribution in [2.45, 2.75) is 0 Å². The molecule has 0 radical (unpaired) electrons. The summed E-state index contributed by atoms with van der Waals surface area (Å²) in [6.07, 6.45) is 2.70. The van der Waals surface area contributed by atoms with Gasteiger partial charge in [0, 0.05) is 6.21 Å². The molecule has 0 spiro atoms. The van der Waals surface area contributed by atoms with E-state index >= 15 is 0 Å². The van der Waals surface area contributed by atoms with E-state index in [2.05, 4.69) is 9.98 Å². The van der Waals surface area contributed by atoms with Gasteiger partial charge in [0.1, 0.15) is 11.9 Å². The van der Waals surface area contributed by atoms with Crippen LogP contribution in [0.25, 0.3) is 0 Å². The topological polar surface area (TPSA) is 88.6 Å². The van der Waals surface area contributed by atoms with Gasteiger partial charge in [0.25, 0.3) is 0 Å². The van der Waals surface area contributed by atoms with E-state index in [1.807, 2.05) is 0 Å². The molecule has 7 heteroatoms. The van der Waals surface area contributed by atoms with Crippen LogP contribution in [0.2, 0.25) is 0 Å². The van der Waals surface area contributed by atoms with Crippen molar-refractivity contribution < 1.29 is 10.0 Å². The van der Waals surface area contributed by atoms with Crippen LogP contribution in [0.4, 0.5) is 10.1 Å². The summed E-state index contributed by atoms with van der Waals surface area (Å²) in [6.45, 7) is 0. The second kappa shape index (κ2) is 4.71. The molecule has 86 valence electrons. The van der Waals surface area contributed by atoms with E-state index in [1.165, 1.54) is 24.5 Å². The molecule has 0 aliphatic rings. The molecule has 0 fully saturated rings. The summed E-state index contributed by atoms with van der Waals surface area (Å²) in [4.78, 5) is 17.7. The Morgan fingerprint density at radius 1 is 1.41 bits per heavy atom. The number of aromatic nitrogens is 1. The maximum atomic E-state index is 10.4. The second-order valence-corrected chi connectivity index (χ2v) is 4.08. The second-order valence-electron chi connectivity index (χ2n) is 3.09. The van der Waals surface area contributed by atoms with Gasteiger partial charge in [-0.15, -0.1) is 0 Å². The van der Waals surface area contributed by atoms with Crippen molar-refractivity contribution in [3.05, 3.63) is 46.1 Å². The highest BCUT2D eigenvalue weighted by atomic mass is 32.1. The van der Waals surface area contributed by atoms with Crippen LogP contribution in [0.5, 0.6) is 5.75 Å². The average molecular weight is 249 g/mol. The van der Waals surface area contributed by atoms with E-state index < -0.39 is 4.92 Å². The number of thiazole rings is 1. The lowest BCUT2D eigenvalue weighted by molar-refractivity contribution is -0.380. The van der Waals surface area contributed by atoms with Crippen LogP contribution in [0.15, 0.2) is 35.5 Å². The summed E-state index contributed by atoms with van der Waals surface area (Å²) >= 11 is 0.906. The van der Waals surface area contributed by atoms with Crippen molar-refractivity contribution in [3.63, 3.8) is 0 Å². The maximum absolute atomic E-state index is 10.4. The summed E-state index contributed by atoms with van der Waals surface area (Å²) < 4.78 is 0. The molecule has 0 aliphatic heterocycles. The fourth-order valence-electron chi connectivity index (χ4n) is 1.09. The summed E-state index contributed by atoms with van der Waals surface area (Å²) in [7, 11) is 0. The smallest absolute Gasteiger partial charge is 0.345 e. The molecule has 6 nitrogen and oxygen atoms in total. The van der Waals surface area contributed by atoms with Gasteiger partial charge >= 0.3 is 5.00 Å². The number of benzene rings is 1. The molecule has 1 heterocycles. The first-order chi connectivity index (χ1) is 8.15. The SMILES string of the molecule is O=[N+]([O-])c1cnc(/N=C\c2ccc(O)cc2)s1. The van der Waals surface area contributed by atoms with Crippen molar-refractivity contribution >= 4 is 27.7 Å². The average Bonchev–Trinajstić information content (AvgIpc) is 2.77. The van der Waals surface area contributed by atoms with E-state index in [4.69, 9.17) is 5.11 Å². The first-order valence-electron chi connectivity index (χ1n) is 4.58. The summed E-state index contributed by atoms with van der Waals surface area (Å²) in [5.41, 5.74) is 0.778. The Kier molecular flexibility index (Phi) is 3.10. The highest BCUT2D eigenvalue weighted by Gasteiger charge is 2.09. The van der Waals surface area contributed by atoms with Gasteiger partial charge in [-0.3, -0.25) is 10.1 Å². The number of nitrogens with zero attached hydrogens (tertiary/aromatic N) is 3. The number of nitro groups is 1. The van der Waals surface area contributed by atoms with Crippen molar-refractivity contribution in [2.75, 3.05) is 0 Å². The largest absolute Gasteiger partial charge is 0.508 e. The molecule has 2 aromatic rings. The third kappa shape index (κ3) is 2.85. The van der Waals surface area contributed by atoms with Gasteiger partial charge in [-0.2, -0.15) is 0 Å². The van der Waals surface area contributed by atoms with Crippen molar-refractivity contribution in [1.82, 2.24) is 4.98 Å². The molecule has 17 heavy (non-hydrogen) atoms. The predicted molar refractivity (Wildman–Crippen MR) is 64.1 cm³/mol. The first kappa shape index (κ1) is 11.2. The van der Waals surface area contributed by atoms with Gasteiger partial charge in [0.05, 0.1) is 4.92 Å². The zero-order valence-electron chi connectivity index (χ0n) is 8.48. The van der Waals surface area contributed by atoms with Gasteiger partial charge in [0.2, 0.25) is 5.13 Å². The van der Waals surface area contributed by atoms with Gasteiger partial charge in [0.15, 0.2) is 0 Å². The molecule has 2 rings (SSSR count). The number of hydrogen-bond acceptors (Lipinski definition) is 6. The van der Waals surface area contributed by atoms with Crippen LogP contribution in [0, 0.1) is 10.1 Å². The van der Waals surface area contributed by atoms with Gasteiger partial charge < -0.3 is 5.11 Å². The molecule has 0 amide bonds. The highest BCUT2D eigenvalue weighted by molar-refractivity contribution is 7.18. The highest BCUT2D eigenvalue weighted by Crippen LogP contribution is 2.27. The fraction of sp³-hybridized carbons (Fsp3) is 0. The Morgan fingerprint density at radius 3 is 2.71 bits per heavy atom. The molecule has 1 N–H and O–H groups in total. The zero-order valence-corrected chi connectivity index (χ0v) is 9.29. The molecule has 0 unspecified atom stereocenters. The number of phenolic OH excluding ortho intramolecular Hbond substituents is 1. The minimum absolute atomic E-state index is 0.0390. The lowest BCUT2D eigenvalue weighted by Gasteiger charge is -1.92. The molecule has 0 bridgehead atoms. The molecule has 1 aromatic heterocycles. The number of hydrogen-bond donors (Lipinski definition) is 1. The van der Waals surface area contributed by atoms with Crippen LogP contribution in [0.1, 0.15) is 5.56 Å². The van der Waals surface area contributed by atoms with Gasteiger partial charge in [-0.05, 0) is 41.2 Å². The Bertz CT molecular complexity index is 562. The monoisotopic (exact) mass is 249 g/mol. The number of aliphatic imine (C=N–C) groups is 1. The molecule has 0 saturated carbocycles. The Labute approximate surface area is 100 Å². The summed E-state index contributed by atoms with van der Waals surface area (Å²) in [6, 6.07) is 6.43. The Morgan fingerprint density at radius 2 is 2.12 bits per heavy atom. The summed E-state index contributed by atoms with van der Waals surface area (Å²) in [5, 5.41) is 19.8. The van der Waals surface area contributed by atoms with Crippen molar-refractivity contribution in [2.24, 2.45) is 4.99 Å². The van der Waals surface area contributed by atoms with E-state index in [0.29, 0.717) is 5.13 Å². The van der Waals surface area contributed by atoms with Crippen LogP contribution in [-0.4, -0.2) is 21.2 Å². The lowest BCUT2D eigenvalue weighted by atomic mass is 10.2. The minimum atomic E-state index is -0.503. The molecular formula is C10H7N3O3S. The molecule has 1 aromatic carbocycles. The molecule has 0 aliphatic carbocycles. The number of aromatic hydroxyl groups is 1. The number of phenols is 1.